The van der Waals surface area contributed by atoms with Crippen molar-refractivity contribution >= 4 is 75.0 Å². The zero-order chi connectivity index (χ0) is 42.1. The van der Waals surface area contributed by atoms with Gasteiger partial charge in [0.1, 0.15) is 11.2 Å². The average molecular weight is 834 g/mol. The normalized spacial score (nSPS) is 11.8. The minimum absolute atomic E-state index is 0.557. The number of nitrogens with zero attached hydrogens (tertiary/aromatic N) is 3. The third-order valence-electron chi connectivity index (χ3n) is 12.5. The standard InChI is InChI=1S/C59H35N3OS/c1-4-17-36(18-5-1)39-25-14-26-40(33-39)49-34-41-23-11-13-28-44(41)52-46-30-16-32-48(55(46)64-56(49)52)59-61-57(38-21-8-3-9-22-38)60-58(62-59)47-31-15-29-45-50-35-42-24-10-12-27-43(42)51(54(50)63-53(45)47)37-19-6-2-7-20-37/h1-35H. The van der Waals surface area contributed by atoms with E-state index in [-0.39, 0.29) is 0 Å². The summed E-state index contributed by atoms with van der Waals surface area (Å²) in [5.41, 5.74) is 11.2. The van der Waals surface area contributed by atoms with Crippen molar-refractivity contribution in [1.82, 2.24) is 15.0 Å². The molecule has 298 valence electrons. The molecule has 0 aliphatic rings. The molecular formula is C59H35N3OS. The van der Waals surface area contributed by atoms with Crippen LogP contribution in [0.2, 0.25) is 0 Å². The quantitative estimate of drug-likeness (QED) is 0.167. The Morgan fingerprint density at radius 3 is 1.62 bits per heavy atom. The lowest BCUT2D eigenvalue weighted by Gasteiger charge is -2.10. The molecule has 0 amide bonds. The van der Waals surface area contributed by atoms with E-state index >= 15 is 0 Å². The van der Waals surface area contributed by atoms with Gasteiger partial charge in [-0.25, -0.2) is 15.0 Å². The van der Waals surface area contributed by atoms with E-state index in [1.54, 1.807) is 0 Å². The van der Waals surface area contributed by atoms with E-state index in [0.29, 0.717) is 17.5 Å². The van der Waals surface area contributed by atoms with Crippen molar-refractivity contribution in [1.29, 1.82) is 0 Å². The molecule has 0 N–H and O–H groups in total. The van der Waals surface area contributed by atoms with Crippen molar-refractivity contribution < 1.29 is 4.42 Å². The Morgan fingerprint density at radius 1 is 0.312 bits per heavy atom. The van der Waals surface area contributed by atoms with Gasteiger partial charge in [-0.3, -0.25) is 0 Å². The highest BCUT2D eigenvalue weighted by Gasteiger charge is 2.23. The Bertz CT molecular complexity index is 3950. The first-order chi connectivity index (χ1) is 31.7. The number of aromatic nitrogens is 3. The second-order valence-corrected chi connectivity index (χ2v) is 17.3. The molecule has 0 radical (unpaired) electrons. The summed E-state index contributed by atoms with van der Waals surface area (Å²) in [5.74, 6) is 1.77. The van der Waals surface area contributed by atoms with Gasteiger partial charge in [0.25, 0.3) is 0 Å². The fraction of sp³-hybridized carbons (Fsp3) is 0. The van der Waals surface area contributed by atoms with Crippen molar-refractivity contribution in [2.24, 2.45) is 0 Å². The molecule has 0 bridgehead atoms. The van der Waals surface area contributed by atoms with Crippen molar-refractivity contribution in [3.05, 3.63) is 212 Å². The fourth-order valence-electron chi connectivity index (χ4n) is 9.53. The molecule has 0 unspecified atom stereocenters. The lowest BCUT2D eigenvalue weighted by molar-refractivity contribution is 0.671. The highest BCUT2D eigenvalue weighted by Crippen LogP contribution is 2.48. The van der Waals surface area contributed by atoms with Crippen molar-refractivity contribution in [2.45, 2.75) is 0 Å². The Balaban J connectivity index is 1.06. The summed E-state index contributed by atoms with van der Waals surface area (Å²) in [4.78, 5) is 15.9. The van der Waals surface area contributed by atoms with Gasteiger partial charge in [-0.2, -0.15) is 0 Å². The maximum Gasteiger partial charge on any atom is 0.167 e. The fourth-order valence-corrected chi connectivity index (χ4v) is 10.9. The minimum atomic E-state index is 0.557. The van der Waals surface area contributed by atoms with Gasteiger partial charge in [0.15, 0.2) is 17.5 Å². The molecule has 3 aromatic heterocycles. The molecule has 0 fully saturated rings. The van der Waals surface area contributed by atoms with E-state index in [2.05, 4.69) is 194 Å². The van der Waals surface area contributed by atoms with Crippen LogP contribution in [-0.2, 0) is 0 Å². The van der Waals surface area contributed by atoms with Gasteiger partial charge in [0, 0.05) is 53.2 Å². The first-order valence-electron chi connectivity index (χ1n) is 21.5. The van der Waals surface area contributed by atoms with E-state index in [4.69, 9.17) is 19.4 Å². The summed E-state index contributed by atoms with van der Waals surface area (Å²) in [6, 6.07) is 75.0. The van der Waals surface area contributed by atoms with E-state index < -0.39 is 0 Å². The molecule has 64 heavy (non-hydrogen) atoms. The molecule has 13 rings (SSSR count). The molecule has 0 spiro atoms. The van der Waals surface area contributed by atoms with E-state index in [0.717, 1.165) is 65.2 Å². The smallest absolute Gasteiger partial charge is 0.167 e. The molecule has 0 saturated carbocycles. The van der Waals surface area contributed by atoms with Gasteiger partial charge >= 0.3 is 0 Å². The van der Waals surface area contributed by atoms with Crippen molar-refractivity contribution in [3.63, 3.8) is 0 Å². The maximum absolute atomic E-state index is 7.07. The summed E-state index contributed by atoms with van der Waals surface area (Å²) < 4.78 is 9.43. The lowest BCUT2D eigenvalue weighted by Crippen LogP contribution is -2.00. The van der Waals surface area contributed by atoms with Crippen LogP contribution in [-0.4, -0.2) is 15.0 Å². The third-order valence-corrected chi connectivity index (χ3v) is 13.8. The van der Waals surface area contributed by atoms with E-state index in [9.17, 15) is 0 Å². The van der Waals surface area contributed by atoms with Gasteiger partial charge in [-0.1, -0.05) is 182 Å². The van der Waals surface area contributed by atoms with Crippen LogP contribution in [0.4, 0.5) is 0 Å². The largest absolute Gasteiger partial charge is 0.455 e. The zero-order valence-corrected chi connectivity index (χ0v) is 35.2. The number of furan rings is 1. The van der Waals surface area contributed by atoms with Crippen molar-refractivity contribution in [3.8, 4) is 67.5 Å². The van der Waals surface area contributed by atoms with Crippen LogP contribution in [0.25, 0.3) is 131 Å². The molecule has 4 nitrogen and oxygen atoms in total. The molecule has 0 aliphatic carbocycles. The Kier molecular flexibility index (Phi) is 8.36. The summed E-state index contributed by atoms with van der Waals surface area (Å²) in [6.07, 6.45) is 0. The second-order valence-electron chi connectivity index (χ2n) is 16.3. The number of rotatable bonds is 6. The van der Waals surface area contributed by atoms with Crippen LogP contribution in [0.5, 0.6) is 0 Å². The molecule has 0 aliphatic heterocycles. The molecule has 3 heterocycles. The number of thiophene rings is 1. The first-order valence-corrected chi connectivity index (χ1v) is 22.3. The minimum Gasteiger partial charge on any atom is -0.455 e. The van der Waals surface area contributed by atoms with Crippen LogP contribution in [0.3, 0.4) is 0 Å². The number of hydrogen-bond acceptors (Lipinski definition) is 5. The van der Waals surface area contributed by atoms with Crippen molar-refractivity contribution in [2.75, 3.05) is 0 Å². The summed E-state index contributed by atoms with van der Waals surface area (Å²) in [6.45, 7) is 0. The SMILES string of the molecule is c1ccc(-c2cccc(-c3cc4ccccc4c4c3sc3c(-c5nc(-c6ccccc6)nc(-c6cccc7c6oc6c(-c8ccccc8)c8ccccc8cc67)n5)cccc34)c2)cc1. The number of hydrogen-bond donors (Lipinski definition) is 0. The highest BCUT2D eigenvalue weighted by atomic mass is 32.1. The predicted molar refractivity (Wildman–Crippen MR) is 268 cm³/mol. The van der Waals surface area contributed by atoms with E-state index in [1.165, 1.54) is 48.5 Å². The molecule has 0 saturated heterocycles. The predicted octanol–water partition coefficient (Wildman–Crippen LogP) is 16.4. The Morgan fingerprint density at radius 2 is 0.859 bits per heavy atom. The molecule has 13 aromatic rings. The van der Waals surface area contributed by atoms with Crippen LogP contribution >= 0.6 is 11.3 Å². The average Bonchev–Trinajstić information content (AvgIpc) is 3.95. The molecular weight excluding hydrogens is 799 g/mol. The van der Waals surface area contributed by atoms with Crippen LogP contribution < -0.4 is 0 Å². The zero-order valence-electron chi connectivity index (χ0n) is 34.4. The number of fused-ring (bicyclic) bond motifs is 9. The molecule has 5 heteroatoms. The molecule has 10 aromatic carbocycles. The monoisotopic (exact) mass is 833 g/mol. The maximum atomic E-state index is 7.07. The Labute approximate surface area is 372 Å². The van der Waals surface area contributed by atoms with Gasteiger partial charge in [-0.15, -0.1) is 11.3 Å². The topological polar surface area (TPSA) is 51.8 Å². The van der Waals surface area contributed by atoms with Gasteiger partial charge < -0.3 is 4.42 Å². The van der Waals surface area contributed by atoms with Gasteiger partial charge in [0.05, 0.1) is 5.56 Å². The van der Waals surface area contributed by atoms with Crippen LogP contribution in [0.1, 0.15) is 0 Å². The molecule has 0 atom stereocenters. The third kappa shape index (κ3) is 5.86. The Hall–Kier alpha value is -8.25. The second kappa shape index (κ2) is 14.7. The summed E-state index contributed by atoms with van der Waals surface area (Å²) in [5, 5.41) is 9.23. The summed E-state index contributed by atoms with van der Waals surface area (Å²) >= 11 is 1.81. The number of benzene rings is 10. The highest BCUT2D eigenvalue weighted by molar-refractivity contribution is 7.27. The van der Waals surface area contributed by atoms with Gasteiger partial charge in [0.2, 0.25) is 0 Å². The lowest BCUT2D eigenvalue weighted by atomic mass is 9.94. The van der Waals surface area contributed by atoms with Gasteiger partial charge in [-0.05, 0) is 74.1 Å². The van der Waals surface area contributed by atoms with E-state index in [1.807, 2.05) is 29.5 Å². The summed E-state index contributed by atoms with van der Waals surface area (Å²) in [7, 11) is 0. The number of para-hydroxylation sites is 1. The first kappa shape index (κ1) is 36.4. The van der Waals surface area contributed by atoms with Crippen LogP contribution in [0.15, 0.2) is 217 Å². The van der Waals surface area contributed by atoms with Crippen LogP contribution in [0, 0.1) is 0 Å².